The number of rotatable bonds is 13. The van der Waals surface area contributed by atoms with Gasteiger partial charge in [0.05, 0.1) is 52.8 Å². The second-order valence-electron chi connectivity index (χ2n) is 21.6. The number of imide groups is 2. The molecule has 3 N–H and O–H groups in total. The molecular formula is C55H63ClN15O6P. The van der Waals surface area contributed by atoms with E-state index in [1.807, 2.05) is 42.3 Å². The Morgan fingerprint density at radius 3 is 2.09 bits per heavy atom. The van der Waals surface area contributed by atoms with E-state index < -0.39 is 30.9 Å². The summed E-state index contributed by atoms with van der Waals surface area (Å²) in [7, 11) is 0.742. The number of anilines is 6. The van der Waals surface area contributed by atoms with Gasteiger partial charge in [0.25, 0.3) is 11.8 Å². The SMILES string of the molecule is COc1cc(N2CCC(N3CCN(C4CCN(C5CN(c6ccc7c(c6)C(=O)N(C6CCC(=O)NC6=O)C7=O)C5)CC4)CC3)CC2)c(-c2cnn(C)c2)cc1Nc1ncc(Cl)c(Nc2ccc3nccnc3c2P(C)(C)=O)n1. The van der Waals surface area contributed by atoms with Crippen LogP contribution in [0.4, 0.5) is 34.5 Å². The molecule has 23 heteroatoms. The fourth-order valence-corrected chi connectivity index (χ4v) is 14.0. The van der Waals surface area contributed by atoms with Crippen molar-refractivity contribution < 1.29 is 28.5 Å². The Morgan fingerprint density at radius 2 is 1.41 bits per heavy atom. The standard InChI is InChI=1S/C55H63ClN15O6P/c1-65-30-33(28-60-65)39-26-44(62-55-59-29-41(56)51(64-55)61-43-8-7-42-49(58-16-15-57-42)50(43)78(3,4)76)47(77-2)27-46(39)69-19-13-35(14-20-69)68-23-21-67(22-24-68)34-11-17-66(18-12-34)37-31-70(32-37)36-5-6-38-40(25-36)54(75)71(53(38)74)45-9-10-48(72)63-52(45)73/h5-8,15-16,25-30,34-35,37,45H,9-14,17-24,31-32H2,1-4H3,(H,63,72,73)(H2,59,61,62,64). The zero-order valence-corrected chi connectivity index (χ0v) is 45.8. The number of piperidine rings is 3. The number of carbonyl (C=O) groups excluding carboxylic acids is 4. The molecule has 6 aliphatic rings. The highest BCUT2D eigenvalue weighted by Crippen LogP contribution is 2.44. The number of halogens is 1. The summed E-state index contributed by atoms with van der Waals surface area (Å²) in [6.45, 7) is 13.3. The predicted octanol–water partition coefficient (Wildman–Crippen LogP) is 5.56. The highest BCUT2D eigenvalue weighted by Gasteiger charge is 2.45. The Kier molecular flexibility index (Phi) is 13.9. The summed E-state index contributed by atoms with van der Waals surface area (Å²) < 4.78 is 21.5. The summed E-state index contributed by atoms with van der Waals surface area (Å²) in [5.74, 6) is -0.690. The second-order valence-corrected chi connectivity index (χ2v) is 25.2. The van der Waals surface area contributed by atoms with Gasteiger partial charge in [-0.05, 0) is 81.8 Å². The molecule has 0 saturated carbocycles. The van der Waals surface area contributed by atoms with E-state index in [1.54, 1.807) is 45.0 Å². The average molecular weight is 1100 g/mol. The fraction of sp³-hybridized carbons (Fsp3) is 0.436. The highest BCUT2D eigenvalue weighted by atomic mass is 35.5. The van der Waals surface area contributed by atoms with E-state index in [4.69, 9.17) is 21.3 Å². The number of fused-ring (bicyclic) bond motifs is 2. The number of aryl methyl sites for hydroxylation is 1. The van der Waals surface area contributed by atoms with Crippen molar-refractivity contribution >= 4 is 93.2 Å². The molecule has 1 unspecified atom stereocenters. The molecule has 6 aliphatic heterocycles. The van der Waals surface area contributed by atoms with Crippen LogP contribution in [0.1, 0.15) is 59.2 Å². The summed E-state index contributed by atoms with van der Waals surface area (Å²) in [4.78, 5) is 82.9. The zero-order chi connectivity index (χ0) is 54.0. The lowest BCUT2D eigenvalue weighted by atomic mass is 9.96. The summed E-state index contributed by atoms with van der Waals surface area (Å²) in [6, 6.07) is 13.8. The van der Waals surface area contributed by atoms with Crippen molar-refractivity contribution in [3.8, 4) is 16.9 Å². The van der Waals surface area contributed by atoms with Crippen molar-refractivity contribution in [3.05, 3.63) is 89.6 Å². The molecule has 78 heavy (non-hydrogen) atoms. The number of hydrogen-bond acceptors (Lipinski definition) is 18. The number of aromatic nitrogens is 6. The van der Waals surface area contributed by atoms with Gasteiger partial charge in [-0.2, -0.15) is 10.1 Å². The van der Waals surface area contributed by atoms with E-state index in [-0.39, 0.29) is 29.7 Å². The van der Waals surface area contributed by atoms with Crippen LogP contribution in [0.15, 0.2) is 73.4 Å². The van der Waals surface area contributed by atoms with E-state index in [2.05, 4.69) is 72.6 Å². The van der Waals surface area contributed by atoms with E-state index in [0.717, 1.165) is 119 Å². The summed E-state index contributed by atoms with van der Waals surface area (Å²) in [5, 5.41) is 14.4. The van der Waals surface area contributed by atoms with Crippen LogP contribution in [-0.2, 0) is 21.2 Å². The van der Waals surface area contributed by atoms with Crippen LogP contribution in [0.2, 0.25) is 5.02 Å². The largest absolute Gasteiger partial charge is 0.494 e. The first-order valence-corrected chi connectivity index (χ1v) is 29.8. The van der Waals surface area contributed by atoms with Gasteiger partial charge in [0.2, 0.25) is 17.8 Å². The van der Waals surface area contributed by atoms with Crippen LogP contribution in [0, 0.1) is 0 Å². The lowest BCUT2D eigenvalue weighted by Crippen LogP contribution is -2.62. The molecule has 3 aromatic carbocycles. The van der Waals surface area contributed by atoms with Crippen molar-refractivity contribution in [1.82, 2.24) is 54.6 Å². The van der Waals surface area contributed by atoms with E-state index in [9.17, 15) is 23.7 Å². The average Bonchev–Trinajstić information content (AvgIpc) is 4.17. The molecule has 3 aromatic heterocycles. The predicted molar refractivity (Wildman–Crippen MR) is 300 cm³/mol. The Hall–Kier alpha value is -7.03. The van der Waals surface area contributed by atoms with Crippen LogP contribution in [0.3, 0.4) is 0 Å². The molecule has 9 heterocycles. The first-order chi connectivity index (χ1) is 37.7. The van der Waals surface area contributed by atoms with Crippen molar-refractivity contribution in [2.24, 2.45) is 7.05 Å². The number of nitrogens with zero attached hydrogens (tertiary/aromatic N) is 12. The lowest BCUT2D eigenvalue weighted by Gasteiger charge is -2.50. The number of carbonyl (C=O) groups is 4. The molecule has 0 spiro atoms. The van der Waals surface area contributed by atoms with Gasteiger partial charge in [-0.25, -0.2) is 4.98 Å². The van der Waals surface area contributed by atoms with Crippen LogP contribution in [0.25, 0.3) is 22.2 Å². The normalized spacial score (nSPS) is 20.6. The quantitative estimate of drug-likeness (QED) is 0.0953. The third kappa shape index (κ3) is 9.95. The Morgan fingerprint density at radius 1 is 0.718 bits per heavy atom. The molecule has 1 atom stereocenters. The molecule has 6 aromatic rings. The molecule has 12 rings (SSSR count). The maximum Gasteiger partial charge on any atom is 0.262 e. The van der Waals surface area contributed by atoms with Crippen molar-refractivity contribution in [2.45, 2.75) is 62.7 Å². The van der Waals surface area contributed by atoms with Gasteiger partial charge in [0, 0.05) is 144 Å². The maximum atomic E-state index is 13.6. The number of hydrogen-bond donors (Lipinski definition) is 3. The van der Waals surface area contributed by atoms with Gasteiger partial charge < -0.3 is 29.7 Å². The van der Waals surface area contributed by atoms with Gasteiger partial charge in [-0.3, -0.25) is 58.7 Å². The van der Waals surface area contributed by atoms with E-state index in [1.165, 1.54) is 6.20 Å². The van der Waals surface area contributed by atoms with Crippen LogP contribution in [0.5, 0.6) is 5.75 Å². The smallest absolute Gasteiger partial charge is 0.262 e. The number of methoxy groups -OCH3 is 1. The first-order valence-electron chi connectivity index (χ1n) is 26.8. The number of amides is 4. The van der Waals surface area contributed by atoms with Crippen molar-refractivity contribution in [2.75, 3.05) is 106 Å². The fourth-order valence-electron chi connectivity index (χ4n) is 12.4. The van der Waals surface area contributed by atoms with Gasteiger partial charge in [0.1, 0.15) is 29.5 Å². The number of benzene rings is 3. The Bertz CT molecular complexity index is 3400. The molecule has 0 bridgehead atoms. The van der Waals surface area contributed by atoms with E-state index in [0.29, 0.717) is 68.5 Å². The minimum Gasteiger partial charge on any atom is -0.494 e. The monoisotopic (exact) mass is 1100 g/mol. The van der Waals surface area contributed by atoms with Gasteiger partial charge >= 0.3 is 0 Å². The molecular weight excluding hydrogens is 1030 g/mol. The number of ether oxygens (including phenoxy) is 1. The highest BCUT2D eigenvalue weighted by molar-refractivity contribution is 7.71. The molecule has 21 nitrogen and oxygen atoms in total. The maximum absolute atomic E-state index is 13.6. The van der Waals surface area contributed by atoms with Crippen LogP contribution < -0.4 is 35.8 Å². The minimum atomic E-state index is -2.84. The minimum absolute atomic E-state index is 0.0940. The summed E-state index contributed by atoms with van der Waals surface area (Å²) in [6.07, 6.45) is 13.3. The molecule has 5 fully saturated rings. The van der Waals surface area contributed by atoms with Crippen molar-refractivity contribution in [1.29, 1.82) is 0 Å². The van der Waals surface area contributed by atoms with E-state index >= 15 is 0 Å². The molecule has 0 aliphatic carbocycles. The topological polar surface area (TPSA) is 219 Å². The van der Waals surface area contributed by atoms with Crippen LogP contribution >= 0.6 is 18.7 Å². The lowest BCUT2D eigenvalue weighted by molar-refractivity contribution is -0.136. The zero-order valence-electron chi connectivity index (χ0n) is 44.2. The molecule has 5 saturated heterocycles. The van der Waals surface area contributed by atoms with Crippen molar-refractivity contribution in [3.63, 3.8) is 0 Å². The Balaban J connectivity index is 0.642. The summed E-state index contributed by atoms with van der Waals surface area (Å²) in [5.41, 5.74) is 7.03. The van der Waals surface area contributed by atoms with Gasteiger partial charge in [-0.1, -0.05) is 11.6 Å². The van der Waals surface area contributed by atoms with Crippen LogP contribution in [-0.4, -0.2) is 183 Å². The molecule has 406 valence electrons. The second kappa shape index (κ2) is 21.0. The number of piperazine rings is 1. The third-order valence-electron chi connectivity index (χ3n) is 16.6. The van der Waals surface area contributed by atoms with Gasteiger partial charge in [0.15, 0.2) is 5.82 Å². The Labute approximate surface area is 457 Å². The molecule has 0 radical (unpaired) electrons. The molecule has 4 amide bonds. The number of likely N-dealkylation sites (tertiary alicyclic amines) is 1. The number of nitrogens with one attached hydrogen (secondary N) is 3. The first kappa shape index (κ1) is 51.7. The third-order valence-corrected chi connectivity index (χ3v) is 18.4. The summed E-state index contributed by atoms with van der Waals surface area (Å²) >= 11 is 6.69. The van der Waals surface area contributed by atoms with Gasteiger partial charge in [-0.15, -0.1) is 0 Å².